The summed E-state index contributed by atoms with van der Waals surface area (Å²) in [7, 11) is 0. The number of benzene rings is 1. The van der Waals surface area contributed by atoms with Crippen molar-refractivity contribution in [2.45, 2.75) is 6.10 Å². The van der Waals surface area contributed by atoms with Gasteiger partial charge in [0.1, 0.15) is 0 Å². The molecular formula is C8H9BrO. The Hall–Kier alpha value is -0.340. The molecule has 0 aliphatic carbocycles. The molecule has 0 amide bonds. The van der Waals surface area contributed by atoms with Crippen LogP contribution in [0.25, 0.3) is 0 Å². The molecule has 10 heavy (non-hydrogen) atoms. The quantitative estimate of drug-likeness (QED) is 0.576. The van der Waals surface area contributed by atoms with Crippen molar-refractivity contribution in [1.29, 1.82) is 0 Å². The maximum atomic E-state index is 9.28. The Balaban J connectivity index is 2.75. The monoisotopic (exact) mass is 202 g/mol. The van der Waals surface area contributed by atoms with E-state index in [2.05, 4.69) is 15.9 Å². The van der Waals surface area contributed by atoms with Gasteiger partial charge >= 0.3 is 0 Å². The van der Waals surface area contributed by atoms with Crippen molar-refractivity contribution < 1.29 is 5.11 Å². The van der Waals surface area contributed by atoms with Crippen LogP contribution in [-0.4, -0.2) is 10.4 Å². The second-order valence-electron chi connectivity index (χ2n) is 2.08. The number of hydrogen-bond donors (Lipinski definition) is 1. The van der Waals surface area contributed by atoms with E-state index in [9.17, 15) is 5.11 Å². The minimum Gasteiger partial charge on any atom is -0.388 e. The Labute approximate surface area is 68.8 Å². The summed E-state index contributed by atoms with van der Waals surface area (Å²) in [6.07, 6.45) is -0.374. The Morgan fingerprint density at radius 2 is 1.90 bits per heavy atom. The van der Waals surface area contributed by atoms with Crippen LogP contribution in [0.1, 0.15) is 11.7 Å². The first kappa shape index (κ1) is 7.76. The lowest BCUT2D eigenvalue weighted by Crippen LogP contribution is -1.96. The van der Waals surface area contributed by atoms with E-state index in [0.29, 0.717) is 5.33 Å². The van der Waals surface area contributed by atoms with Crippen molar-refractivity contribution in [3.63, 3.8) is 0 Å². The summed E-state index contributed by atoms with van der Waals surface area (Å²) in [4.78, 5) is 0. The van der Waals surface area contributed by atoms with Gasteiger partial charge in [-0.2, -0.15) is 0 Å². The van der Waals surface area contributed by atoms with Crippen LogP contribution in [0.3, 0.4) is 0 Å². The molecule has 1 nitrogen and oxygen atoms in total. The zero-order valence-corrected chi connectivity index (χ0v) is 7.08. The van der Waals surface area contributed by atoms with Crippen molar-refractivity contribution in [1.82, 2.24) is 0 Å². The molecule has 1 atom stereocenters. The lowest BCUT2D eigenvalue weighted by molar-refractivity contribution is 0.205. The minimum atomic E-state index is -0.374. The van der Waals surface area contributed by atoms with Gasteiger partial charge in [0, 0.05) is 5.33 Å². The summed E-state index contributed by atoms with van der Waals surface area (Å²) >= 11 is 3.20. The third-order valence-corrected chi connectivity index (χ3v) is 1.94. The van der Waals surface area contributed by atoms with Gasteiger partial charge in [-0.15, -0.1) is 0 Å². The molecule has 0 radical (unpaired) electrons. The fourth-order valence-electron chi connectivity index (χ4n) is 0.764. The number of alkyl halides is 1. The molecule has 1 aromatic carbocycles. The van der Waals surface area contributed by atoms with E-state index >= 15 is 0 Å². The molecular weight excluding hydrogens is 194 g/mol. The van der Waals surface area contributed by atoms with Gasteiger partial charge < -0.3 is 5.11 Å². The first-order chi connectivity index (χ1) is 4.84. The first-order valence-electron chi connectivity index (χ1n) is 3.13. The number of hydrogen-bond acceptors (Lipinski definition) is 1. The second kappa shape index (κ2) is 3.74. The Morgan fingerprint density at radius 3 is 2.40 bits per heavy atom. The zero-order valence-electron chi connectivity index (χ0n) is 5.50. The van der Waals surface area contributed by atoms with Crippen LogP contribution < -0.4 is 0 Å². The van der Waals surface area contributed by atoms with E-state index in [1.807, 2.05) is 30.3 Å². The first-order valence-corrected chi connectivity index (χ1v) is 4.25. The highest BCUT2D eigenvalue weighted by molar-refractivity contribution is 9.09. The third-order valence-electron chi connectivity index (χ3n) is 1.33. The summed E-state index contributed by atoms with van der Waals surface area (Å²) in [6, 6.07) is 9.59. The van der Waals surface area contributed by atoms with Gasteiger partial charge in [0.05, 0.1) is 6.10 Å². The van der Waals surface area contributed by atoms with Gasteiger partial charge in [-0.05, 0) is 5.56 Å². The molecule has 0 aliphatic rings. The van der Waals surface area contributed by atoms with Gasteiger partial charge in [0.2, 0.25) is 0 Å². The summed E-state index contributed by atoms with van der Waals surface area (Å²) in [5, 5.41) is 9.88. The molecule has 0 aromatic heterocycles. The summed E-state index contributed by atoms with van der Waals surface area (Å²) < 4.78 is 0. The van der Waals surface area contributed by atoms with Crippen molar-refractivity contribution >= 4 is 15.9 Å². The molecule has 0 saturated heterocycles. The molecule has 0 saturated carbocycles. The average molecular weight is 203 g/mol. The molecule has 1 rings (SSSR count). The van der Waals surface area contributed by atoms with Gasteiger partial charge in [-0.25, -0.2) is 0 Å². The second-order valence-corrected chi connectivity index (χ2v) is 2.73. The molecule has 0 spiro atoms. The van der Waals surface area contributed by atoms with E-state index < -0.39 is 0 Å². The van der Waals surface area contributed by atoms with Crippen LogP contribution in [0.15, 0.2) is 30.3 Å². The molecule has 2 heteroatoms. The highest BCUT2D eigenvalue weighted by Crippen LogP contribution is 2.13. The molecule has 1 aromatic rings. The molecule has 54 valence electrons. The maximum absolute atomic E-state index is 9.28. The topological polar surface area (TPSA) is 20.2 Å². The van der Waals surface area contributed by atoms with E-state index in [1.54, 1.807) is 0 Å². The SMILES string of the molecule is [18OH]C(CBr)c1ccccc1. The lowest BCUT2D eigenvalue weighted by Gasteiger charge is -2.04. The molecule has 0 fully saturated rings. The fourth-order valence-corrected chi connectivity index (χ4v) is 1.14. The van der Waals surface area contributed by atoms with Gasteiger partial charge in [0.25, 0.3) is 0 Å². The number of rotatable bonds is 2. The van der Waals surface area contributed by atoms with Crippen LogP contribution in [0.4, 0.5) is 0 Å². The van der Waals surface area contributed by atoms with Crippen LogP contribution >= 0.6 is 15.9 Å². The van der Waals surface area contributed by atoms with E-state index in [4.69, 9.17) is 0 Å². The molecule has 1 N–H and O–H groups in total. The third kappa shape index (κ3) is 1.82. The number of aliphatic hydroxyl groups is 1. The van der Waals surface area contributed by atoms with Crippen LogP contribution in [0.2, 0.25) is 0 Å². The predicted molar refractivity (Wildman–Crippen MR) is 45.2 cm³/mol. The van der Waals surface area contributed by atoms with E-state index in [-0.39, 0.29) is 6.10 Å². The largest absolute Gasteiger partial charge is 0.388 e. The molecule has 0 bridgehead atoms. The fraction of sp³-hybridized carbons (Fsp3) is 0.250. The van der Waals surface area contributed by atoms with Crippen molar-refractivity contribution in [3.05, 3.63) is 35.9 Å². The lowest BCUT2D eigenvalue weighted by atomic mass is 10.1. The molecule has 0 heterocycles. The van der Waals surface area contributed by atoms with E-state index in [1.165, 1.54) is 0 Å². The molecule has 0 aliphatic heterocycles. The van der Waals surface area contributed by atoms with Crippen LogP contribution in [0.5, 0.6) is 0 Å². The van der Waals surface area contributed by atoms with Crippen molar-refractivity contribution in [3.8, 4) is 0 Å². The Bertz CT molecular complexity index is 186. The van der Waals surface area contributed by atoms with Gasteiger partial charge in [-0.3, -0.25) is 0 Å². The highest BCUT2D eigenvalue weighted by Gasteiger charge is 2.01. The maximum Gasteiger partial charge on any atom is 0.0886 e. The van der Waals surface area contributed by atoms with E-state index in [0.717, 1.165) is 5.56 Å². The summed E-state index contributed by atoms with van der Waals surface area (Å²) in [6.45, 7) is 0. The van der Waals surface area contributed by atoms with Gasteiger partial charge in [-0.1, -0.05) is 46.3 Å². The average Bonchev–Trinajstić information content (AvgIpc) is 2.05. The summed E-state index contributed by atoms with van der Waals surface area (Å²) in [5.74, 6) is 0. The van der Waals surface area contributed by atoms with Crippen LogP contribution in [0, 0.1) is 0 Å². The minimum absolute atomic E-state index is 0.374. The van der Waals surface area contributed by atoms with Crippen LogP contribution in [-0.2, 0) is 0 Å². The van der Waals surface area contributed by atoms with Gasteiger partial charge in [0.15, 0.2) is 0 Å². The standard InChI is InChI=1S/C8H9BrO/c9-6-8(10)7-4-2-1-3-5-7/h1-5,8,10H,6H2/i10+2. The Kier molecular flexibility index (Phi) is 2.90. The van der Waals surface area contributed by atoms with Crippen molar-refractivity contribution in [2.75, 3.05) is 5.33 Å². The zero-order chi connectivity index (χ0) is 7.40. The number of halogens is 1. The highest BCUT2D eigenvalue weighted by atomic mass is 79.9. The number of aliphatic hydroxyl groups excluding tert-OH is 1. The normalized spacial score (nSPS) is 13.0. The Morgan fingerprint density at radius 1 is 1.30 bits per heavy atom. The summed E-state index contributed by atoms with van der Waals surface area (Å²) in [5.41, 5.74) is 0.958. The van der Waals surface area contributed by atoms with Crippen molar-refractivity contribution in [2.24, 2.45) is 0 Å². The predicted octanol–water partition coefficient (Wildman–Crippen LogP) is 2.11. The molecule has 1 unspecified atom stereocenters. The smallest absolute Gasteiger partial charge is 0.0886 e.